The molecule has 2 amide bonds. The van der Waals surface area contributed by atoms with Crippen molar-refractivity contribution in [2.45, 2.75) is 31.7 Å². The molecular formula is C16H15NO3. The van der Waals surface area contributed by atoms with Crippen LogP contribution in [0.1, 0.15) is 42.9 Å². The van der Waals surface area contributed by atoms with Gasteiger partial charge in [-0.15, -0.1) is 0 Å². The molecular weight excluding hydrogens is 254 g/mol. The topological polar surface area (TPSA) is 54.5 Å². The van der Waals surface area contributed by atoms with Crippen LogP contribution in [0.5, 0.6) is 0 Å². The number of rotatable bonds is 3. The molecule has 20 heavy (non-hydrogen) atoms. The van der Waals surface area contributed by atoms with E-state index in [-0.39, 0.29) is 29.6 Å². The summed E-state index contributed by atoms with van der Waals surface area (Å²) < 4.78 is 0. The maximum Gasteiger partial charge on any atom is 0.254 e. The van der Waals surface area contributed by atoms with E-state index in [2.05, 4.69) is 0 Å². The third kappa shape index (κ3) is 1.80. The average Bonchev–Trinajstić information content (AvgIpc) is 2.99. The van der Waals surface area contributed by atoms with Gasteiger partial charge in [0.25, 0.3) is 11.8 Å². The summed E-state index contributed by atoms with van der Waals surface area (Å²) in [4.78, 5) is 37.1. The van der Waals surface area contributed by atoms with Crippen molar-refractivity contribution in [2.75, 3.05) is 0 Å². The summed E-state index contributed by atoms with van der Waals surface area (Å²) in [5.74, 6) is -0.631. The lowest BCUT2D eigenvalue weighted by molar-refractivity contribution is -0.140. The summed E-state index contributed by atoms with van der Waals surface area (Å²) in [6.45, 7) is 1.84. The molecule has 1 aliphatic heterocycles. The standard InChI is InChI=1S/C16H15NO3/c1-2-14(18)12-9-13(11-6-4-3-5-10(11)12)17-15(19)7-8-16(17)20/h3-8,12-13H,2,9H2,1H3/t12-,13-/m0/s1. The molecule has 4 nitrogen and oxygen atoms in total. The van der Waals surface area contributed by atoms with E-state index in [0.29, 0.717) is 12.8 Å². The van der Waals surface area contributed by atoms with Crippen LogP contribution in [-0.2, 0) is 14.4 Å². The Balaban J connectivity index is 2.01. The Hall–Kier alpha value is -2.23. The highest BCUT2D eigenvalue weighted by Gasteiger charge is 2.41. The van der Waals surface area contributed by atoms with Gasteiger partial charge >= 0.3 is 0 Å². The fourth-order valence-electron chi connectivity index (χ4n) is 3.12. The van der Waals surface area contributed by atoms with Crippen molar-refractivity contribution in [3.8, 4) is 0 Å². The van der Waals surface area contributed by atoms with Crippen LogP contribution in [0.4, 0.5) is 0 Å². The molecule has 1 aromatic rings. The van der Waals surface area contributed by atoms with Crippen molar-refractivity contribution < 1.29 is 14.4 Å². The number of fused-ring (bicyclic) bond motifs is 1. The van der Waals surface area contributed by atoms with Gasteiger partial charge in [-0.05, 0) is 17.5 Å². The highest BCUT2D eigenvalue weighted by atomic mass is 16.2. The Morgan fingerprint density at radius 2 is 1.75 bits per heavy atom. The molecule has 2 atom stereocenters. The molecule has 0 unspecified atom stereocenters. The fraction of sp³-hybridized carbons (Fsp3) is 0.312. The first-order valence-electron chi connectivity index (χ1n) is 6.80. The molecule has 0 fully saturated rings. The number of Topliss-reactive ketones (excluding diaryl/α,β-unsaturated/α-hetero) is 1. The van der Waals surface area contributed by atoms with Crippen LogP contribution < -0.4 is 0 Å². The molecule has 0 aromatic heterocycles. The van der Waals surface area contributed by atoms with Crippen molar-refractivity contribution in [3.63, 3.8) is 0 Å². The second-order valence-corrected chi connectivity index (χ2v) is 5.13. The molecule has 1 aliphatic carbocycles. The number of carbonyl (C=O) groups excluding carboxylic acids is 3. The predicted octanol–water partition coefficient (Wildman–Crippen LogP) is 2.12. The van der Waals surface area contributed by atoms with Crippen LogP contribution in [-0.4, -0.2) is 22.5 Å². The molecule has 0 saturated carbocycles. The number of imide groups is 1. The molecule has 0 bridgehead atoms. The average molecular weight is 269 g/mol. The smallest absolute Gasteiger partial charge is 0.254 e. The lowest BCUT2D eigenvalue weighted by atomic mass is 9.95. The largest absolute Gasteiger partial charge is 0.299 e. The van der Waals surface area contributed by atoms with Crippen molar-refractivity contribution in [1.29, 1.82) is 0 Å². The van der Waals surface area contributed by atoms with Gasteiger partial charge in [-0.2, -0.15) is 0 Å². The van der Waals surface area contributed by atoms with Gasteiger partial charge in [0.05, 0.1) is 6.04 Å². The first-order chi connectivity index (χ1) is 9.63. The van der Waals surface area contributed by atoms with Crippen LogP contribution in [0.2, 0.25) is 0 Å². The summed E-state index contributed by atoms with van der Waals surface area (Å²) in [5.41, 5.74) is 1.88. The molecule has 0 saturated heterocycles. The van der Waals surface area contributed by atoms with Crippen molar-refractivity contribution in [2.24, 2.45) is 0 Å². The summed E-state index contributed by atoms with van der Waals surface area (Å²) in [6, 6.07) is 7.28. The molecule has 0 spiro atoms. The third-order valence-electron chi connectivity index (χ3n) is 4.08. The molecule has 0 N–H and O–H groups in total. The number of ketones is 1. The first-order valence-corrected chi connectivity index (χ1v) is 6.80. The quantitative estimate of drug-likeness (QED) is 0.790. The van der Waals surface area contributed by atoms with E-state index in [1.165, 1.54) is 17.1 Å². The molecule has 1 heterocycles. The van der Waals surface area contributed by atoms with E-state index in [4.69, 9.17) is 0 Å². The minimum absolute atomic E-state index is 0.159. The normalized spacial score (nSPS) is 24.4. The summed E-state index contributed by atoms with van der Waals surface area (Å²) >= 11 is 0. The van der Waals surface area contributed by atoms with Gasteiger partial charge in [0.1, 0.15) is 5.78 Å². The number of amides is 2. The Labute approximate surface area is 117 Å². The number of nitrogens with zero attached hydrogens (tertiary/aromatic N) is 1. The summed E-state index contributed by atoms with van der Waals surface area (Å²) in [7, 11) is 0. The number of carbonyl (C=O) groups is 3. The first kappa shape index (κ1) is 12.8. The highest BCUT2D eigenvalue weighted by molar-refractivity contribution is 6.13. The van der Waals surface area contributed by atoms with Crippen LogP contribution in [0.15, 0.2) is 36.4 Å². The SMILES string of the molecule is CCC(=O)[C@H]1C[C@H](N2C(=O)C=CC2=O)c2ccccc21. The summed E-state index contributed by atoms with van der Waals surface area (Å²) in [5, 5.41) is 0. The predicted molar refractivity (Wildman–Crippen MR) is 72.8 cm³/mol. The van der Waals surface area contributed by atoms with E-state index in [1.54, 1.807) is 0 Å². The number of hydrogen-bond donors (Lipinski definition) is 0. The molecule has 3 rings (SSSR count). The Morgan fingerprint density at radius 1 is 1.15 bits per heavy atom. The Morgan fingerprint density at radius 3 is 2.35 bits per heavy atom. The zero-order chi connectivity index (χ0) is 14.3. The van der Waals surface area contributed by atoms with Gasteiger partial charge in [-0.3, -0.25) is 19.3 Å². The molecule has 4 heteroatoms. The van der Waals surface area contributed by atoms with Gasteiger partial charge in [0.2, 0.25) is 0 Å². The summed E-state index contributed by atoms with van der Waals surface area (Å²) in [6.07, 6.45) is 3.55. The third-order valence-corrected chi connectivity index (χ3v) is 4.08. The monoisotopic (exact) mass is 269 g/mol. The Bertz CT molecular complexity index is 614. The maximum absolute atomic E-state index is 12.1. The maximum atomic E-state index is 12.1. The Kier molecular flexibility index (Phi) is 3.01. The van der Waals surface area contributed by atoms with Crippen LogP contribution in [0.25, 0.3) is 0 Å². The lowest BCUT2D eigenvalue weighted by Crippen LogP contribution is -2.33. The fourth-order valence-corrected chi connectivity index (χ4v) is 3.12. The van der Waals surface area contributed by atoms with E-state index in [9.17, 15) is 14.4 Å². The van der Waals surface area contributed by atoms with Gasteiger partial charge < -0.3 is 0 Å². The van der Waals surface area contributed by atoms with Crippen LogP contribution in [0, 0.1) is 0 Å². The van der Waals surface area contributed by atoms with E-state index < -0.39 is 0 Å². The van der Waals surface area contributed by atoms with Gasteiger partial charge in [0.15, 0.2) is 0 Å². The van der Waals surface area contributed by atoms with Crippen LogP contribution in [0.3, 0.4) is 0 Å². The van der Waals surface area contributed by atoms with Crippen molar-refractivity contribution in [1.82, 2.24) is 4.90 Å². The highest BCUT2D eigenvalue weighted by Crippen LogP contribution is 2.45. The van der Waals surface area contributed by atoms with Gasteiger partial charge in [-0.25, -0.2) is 0 Å². The van der Waals surface area contributed by atoms with E-state index in [0.717, 1.165) is 11.1 Å². The van der Waals surface area contributed by atoms with E-state index >= 15 is 0 Å². The second-order valence-electron chi connectivity index (χ2n) is 5.13. The number of hydrogen-bond acceptors (Lipinski definition) is 3. The molecule has 2 aliphatic rings. The van der Waals surface area contributed by atoms with Gasteiger partial charge in [0, 0.05) is 24.5 Å². The van der Waals surface area contributed by atoms with Crippen molar-refractivity contribution >= 4 is 17.6 Å². The van der Waals surface area contributed by atoms with Crippen molar-refractivity contribution in [3.05, 3.63) is 47.5 Å². The molecule has 1 aromatic carbocycles. The minimum Gasteiger partial charge on any atom is -0.299 e. The van der Waals surface area contributed by atoms with E-state index in [1.807, 2.05) is 31.2 Å². The lowest BCUT2D eigenvalue weighted by Gasteiger charge is -2.23. The molecule has 0 radical (unpaired) electrons. The van der Waals surface area contributed by atoms with Gasteiger partial charge in [-0.1, -0.05) is 31.2 Å². The number of benzene rings is 1. The zero-order valence-electron chi connectivity index (χ0n) is 11.2. The molecule has 102 valence electrons. The van der Waals surface area contributed by atoms with Crippen LogP contribution >= 0.6 is 0 Å². The second kappa shape index (κ2) is 4.71. The minimum atomic E-state index is -0.318. The zero-order valence-corrected chi connectivity index (χ0v) is 11.2.